The molecule has 0 bridgehead atoms. The molecule has 5 N–H and O–H groups in total. The summed E-state index contributed by atoms with van der Waals surface area (Å²) in [6.07, 6.45) is 3.21. The monoisotopic (exact) mass is 369 g/mol. The standard InChI is InChI=1S/C21H19N7/c22-9-15-8-17-16(13-4-2-1-3-5-13)7-6-14(18(17)27-15)10-28-12-26-19-20(23)24-11-25-21(19)28/h1-8,11-12,27H,9-10,22H2,(H2,23,24,25). The lowest BCUT2D eigenvalue weighted by molar-refractivity contribution is 0.817. The van der Waals surface area contributed by atoms with Gasteiger partial charge < -0.3 is 21.0 Å². The molecule has 0 fully saturated rings. The average Bonchev–Trinajstić information content (AvgIpc) is 3.34. The summed E-state index contributed by atoms with van der Waals surface area (Å²) in [6, 6.07) is 16.8. The van der Waals surface area contributed by atoms with Crippen molar-refractivity contribution in [1.29, 1.82) is 0 Å². The van der Waals surface area contributed by atoms with Gasteiger partial charge in [-0.15, -0.1) is 0 Å². The molecule has 0 radical (unpaired) electrons. The van der Waals surface area contributed by atoms with Crippen molar-refractivity contribution >= 4 is 27.9 Å². The number of hydrogen-bond acceptors (Lipinski definition) is 5. The second-order valence-electron chi connectivity index (χ2n) is 6.73. The van der Waals surface area contributed by atoms with Crippen molar-refractivity contribution in [2.75, 3.05) is 5.73 Å². The molecule has 0 aliphatic rings. The van der Waals surface area contributed by atoms with Crippen LogP contribution in [0.15, 0.2) is 61.2 Å². The number of rotatable bonds is 4. The molecular formula is C21H19N7. The maximum absolute atomic E-state index is 5.91. The lowest BCUT2D eigenvalue weighted by Crippen LogP contribution is -2.02. The molecule has 3 aromatic heterocycles. The Morgan fingerprint density at radius 1 is 1.00 bits per heavy atom. The highest BCUT2D eigenvalue weighted by molar-refractivity contribution is 5.97. The Hall–Kier alpha value is -3.71. The van der Waals surface area contributed by atoms with E-state index in [9.17, 15) is 0 Å². The van der Waals surface area contributed by atoms with Crippen molar-refractivity contribution < 1.29 is 0 Å². The van der Waals surface area contributed by atoms with Gasteiger partial charge in [-0.2, -0.15) is 0 Å². The smallest absolute Gasteiger partial charge is 0.165 e. The molecule has 0 saturated heterocycles. The predicted molar refractivity (Wildman–Crippen MR) is 110 cm³/mol. The minimum atomic E-state index is 0.388. The first-order chi connectivity index (χ1) is 13.7. The number of nitrogen functional groups attached to an aromatic ring is 1. The largest absolute Gasteiger partial charge is 0.382 e. The van der Waals surface area contributed by atoms with Gasteiger partial charge in [0.15, 0.2) is 11.5 Å². The van der Waals surface area contributed by atoms with Crippen LogP contribution in [-0.2, 0) is 13.1 Å². The van der Waals surface area contributed by atoms with Gasteiger partial charge in [-0.05, 0) is 22.8 Å². The molecule has 5 aromatic rings. The van der Waals surface area contributed by atoms with Crippen LogP contribution in [0.5, 0.6) is 0 Å². The van der Waals surface area contributed by atoms with Crippen LogP contribution < -0.4 is 11.5 Å². The summed E-state index contributed by atoms with van der Waals surface area (Å²) in [7, 11) is 0. The molecular weight excluding hydrogens is 350 g/mol. The third-order valence-electron chi connectivity index (χ3n) is 5.01. The van der Waals surface area contributed by atoms with Gasteiger partial charge in [0.1, 0.15) is 11.8 Å². The molecule has 5 rings (SSSR count). The maximum atomic E-state index is 5.91. The van der Waals surface area contributed by atoms with Crippen molar-refractivity contribution in [3.8, 4) is 11.1 Å². The number of aromatic amines is 1. The lowest BCUT2D eigenvalue weighted by atomic mass is 9.99. The van der Waals surface area contributed by atoms with Gasteiger partial charge >= 0.3 is 0 Å². The number of nitrogens with two attached hydrogens (primary N) is 2. The van der Waals surface area contributed by atoms with E-state index < -0.39 is 0 Å². The van der Waals surface area contributed by atoms with E-state index in [4.69, 9.17) is 11.5 Å². The number of nitrogens with one attached hydrogen (secondary N) is 1. The Labute approximate surface area is 161 Å². The number of H-pyrrole nitrogens is 1. The third kappa shape index (κ3) is 2.60. The Kier molecular flexibility index (Phi) is 3.80. The van der Waals surface area contributed by atoms with Crippen LogP contribution in [-0.4, -0.2) is 24.5 Å². The molecule has 138 valence electrons. The molecule has 2 aromatic carbocycles. The van der Waals surface area contributed by atoms with Crippen molar-refractivity contribution in [3.63, 3.8) is 0 Å². The van der Waals surface area contributed by atoms with E-state index >= 15 is 0 Å². The van der Waals surface area contributed by atoms with E-state index in [1.54, 1.807) is 6.33 Å². The maximum Gasteiger partial charge on any atom is 0.165 e. The van der Waals surface area contributed by atoms with Gasteiger partial charge in [-0.25, -0.2) is 15.0 Å². The van der Waals surface area contributed by atoms with Crippen molar-refractivity contribution in [1.82, 2.24) is 24.5 Å². The van der Waals surface area contributed by atoms with Crippen molar-refractivity contribution in [2.45, 2.75) is 13.1 Å². The molecule has 0 atom stereocenters. The molecule has 7 nitrogen and oxygen atoms in total. The predicted octanol–water partition coefficient (Wildman–Crippen LogP) is 3.06. The quantitative estimate of drug-likeness (QED) is 0.451. The van der Waals surface area contributed by atoms with E-state index in [0.29, 0.717) is 24.4 Å². The molecule has 3 heterocycles. The van der Waals surface area contributed by atoms with Crippen molar-refractivity contribution in [2.24, 2.45) is 5.73 Å². The van der Waals surface area contributed by atoms with Crippen LogP contribution >= 0.6 is 0 Å². The molecule has 0 saturated carbocycles. The number of benzene rings is 2. The van der Waals surface area contributed by atoms with Gasteiger partial charge in [-0.1, -0.05) is 42.5 Å². The van der Waals surface area contributed by atoms with Crippen LogP contribution in [0.3, 0.4) is 0 Å². The van der Waals surface area contributed by atoms with Crippen LogP contribution in [0.2, 0.25) is 0 Å². The zero-order chi connectivity index (χ0) is 19.1. The second-order valence-corrected chi connectivity index (χ2v) is 6.73. The number of nitrogens with zero attached hydrogens (tertiary/aromatic N) is 4. The van der Waals surface area contributed by atoms with Gasteiger partial charge in [-0.3, -0.25) is 0 Å². The van der Waals surface area contributed by atoms with E-state index in [-0.39, 0.29) is 0 Å². The minimum Gasteiger partial charge on any atom is -0.382 e. The molecule has 0 amide bonds. The number of anilines is 1. The van der Waals surface area contributed by atoms with Gasteiger partial charge in [0.25, 0.3) is 0 Å². The van der Waals surface area contributed by atoms with Crippen LogP contribution in [0.25, 0.3) is 33.2 Å². The summed E-state index contributed by atoms with van der Waals surface area (Å²) >= 11 is 0. The number of imidazole rings is 1. The zero-order valence-corrected chi connectivity index (χ0v) is 15.1. The molecule has 28 heavy (non-hydrogen) atoms. The van der Waals surface area contributed by atoms with E-state index in [2.05, 4.69) is 50.3 Å². The zero-order valence-electron chi connectivity index (χ0n) is 15.1. The molecule has 7 heteroatoms. The van der Waals surface area contributed by atoms with Crippen molar-refractivity contribution in [3.05, 3.63) is 72.4 Å². The van der Waals surface area contributed by atoms with Crippen LogP contribution in [0.1, 0.15) is 11.3 Å². The number of aromatic nitrogens is 5. The summed E-state index contributed by atoms with van der Waals surface area (Å²) in [5, 5.41) is 1.16. The highest BCUT2D eigenvalue weighted by Gasteiger charge is 2.14. The van der Waals surface area contributed by atoms with Crippen LogP contribution in [0, 0.1) is 0 Å². The number of hydrogen-bond donors (Lipinski definition) is 3. The highest BCUT2D eigenvalue weighted by Crippen LogP contribution is 2.32. The Balaban J connectivity index is 1.66. The normalized spacial score (nSPS) is 11.5. The fourth-order valence-electron chi connectivity index (χ4n) is 3.64. The Bertz CT molecular complexity index is 1280. The molecule has 0 spiro atoms. The first-order valence-corrected chi connectivity index (χ1v) is 9.05. The Morgan fingerprint density at radius 2 is 1.86 bits per heavy atom. The topological polar surface area (TPSA) is 111 Å². The first-order valence-electron chi connectivity index (χ1n) is 9.05. The SMILES string of the molecule is NCc1cc2c(-c3ccccc3)ccc(Cn3cnc4c(N)ncnc43)c2[nH]1. The number of fused-ring (bicyclic) bond motifs is 2. The molecule has 0 unspecified atom stereocenters. The summed E-state index contributed by atoms with van der Waals surface area (Å²) in [6.45, 7) is 1.07. The van der Waals surface area contributed by atoms with Gasteiger partial charge in [0.05, 0.1) is 18.4 Å². The lowest BCUT2D eigenvalue weighted by Gasteiger charge is -2.10. The summed E-state index contributed by atoms with van der Waals surface area (Å²) in [5.74, 6) is 0.388. The second kappa shape index (κ2) is 6.47. The third-order valence-corrected chi connectivity index (χ3v) is 5.01. The van der Waals surface area contributed by atoms with E-state index in [1.807, 2.05) is 22.8 Å². The van der Waals surface area contributed by atoms with Crippen LogP contribution in [0.4, 0.5) is 5.82 Å². The fourth-order valence-corrected chi connectivity index (χ4v) is 3.64. The fraction of sp³-hybridized carbons (Fsp3) is 0.0952. The summed E-state index contributed by atoms with van der Waals surface area (Å²) < 4.78 is 1.98. The summed E-state index contributed by atoms with van der Waals surface area (Å²) in [5.41, 5.74) is 18.7. The first kappa shape index (κ1) is 16.5. The Morgan fingerprint density at radius 3 is 2.68 bits per heavy atom. The van der Waals surface area contributed by atoms with E-state index in [1.165, 1.54) is 17.5 Å². The average molecular weight is 369 g/mol. The molecule has 0 aliphatic heterocycles. The highest BCUT2D eigenvalue weighted by atomic mass is 15.1. The van der Waals surface area contributed by atoms with Gasteiger partial charge in [0.2, 0.25) is 0 Å². The minimum absolute atomic E-state index is 0.388. The summed E-state index contributed by atoms with van der Waals surface area (Å²) in [4.78, 5) is 16.2. The molecule has 0 aliphatic carbocycles. The van der Waals surface area contributed by atoms with E-state index in [0.717, 1.165) is 27.8 Å². The van der Waals surface area contributed by atoms with Gasteiger partial charge in [0, 0.05) is 17.6 Å².